The van der Waals surface area contributed by atoms with E-state index in [2.05, 4.69) is 4.74 Å². The molecule has 0 aliphatic heterocycles. The zero-order valence-corrected chi connectivity index (χ0v) is 11.7. The van der Waals surface area contributed by atoms with Crippen molar-refractivity contribution >= 4 is 29.2 Å². The summed E-state index contributed by atoms with van der Waals surface area (Å²) in [5.41, 5.74) is -0.557. The molecule has 0 N–H and O–H groups in total. The second-order valence-corrected chi connectivity index (χ2v) is 4.35. The van der Waals surface area contributed by atoms with Gasteiger partial charge in [0.1, 0.15) is 5.56 Å². The van der Waals surface area contributed by atoms with Crippen LogP contribution >= 0.6 is 11.6 Å². The number of nitrogens with zero attached hydrogens (tertiary/aromatic N) is 2. The topological polar surface area (TPSA) is 89.8 Å². The summed E-state index contributed by atoms with van der Waals surface area (Å²) in [5.74, 6) is -1.09. The van der Waals surface area contributed by atoms with Crippen LogP contribution < -0.4 is 0 Å². The van der Waals surface area contributed by atoms with Crippen LogP contribution in [0.25, 0.3) is 0 Å². The number of hydrogen-bond acceptors (Lipinski definition) is 5. The molecule has 0 aromatic heterocycles. The van der Waals surface area contributed by atoms with Crippen molar-refractivity contribution in [3.63, 3.8) is 0 Å². The Balaban J connectivity index is 2.97. The zero-order valence-electron chi connectivity index (χ0n) is 11.0. The van der Waals surface area contributed by atoms with E-state index < -0.39 is 16.8 Å². The summed E-state index contributed by atoms with van der Waals surface area (Å²) >= 11 is 5.86. The van der Waals surface area contributed by atoms with Gasteiger partial charge in [-0.3, -0.25) is 19.7 Å². The fourth-order valence-corrected chi connectivity index (χ4v) is 1.78. The highest BCUT2D eigenvalue weighted by Gasteiger charge is 2.26. The number of benzene rings is 1. The van der Waals surface area contributed by atoms with Crippen LogP contribution in [0.5, 0.6) is 0 Å². The maximum atomic E-state index is 12.2. The third-order valence-corrected chi connectivity index (χ3v) is 2.94. The molecule has 1 aromatic rings. The number of carbonyl (C=O) groups is 2. The molecule has 0 heterocycles. The van der Waals surface area contributed by atoms with Crippen LogP contribution in [0.3, 0.4) is 0 Å². The number of carbonyl (C=O) groups excluding carboxylic acids is 2. The predicted molar refractivity (Wildman–Crippen MR) is 71.7 cm³/mol. The molecule has 1 amide bonds. The van der Waals surface area contributed by atoms with Gasteiger partial charge in [0.25, 0.3) is 11.6 Å². The molecule has 1 aromatic carbocycles. The summed E-state index contributed by atoms with van der Waals surface area (Å²) in [6.07, 6.45) is -0.00299. The average molecular weight is 301 g/mol. The molecule has 0 spiro atoms. The van der Waals surface area contributed by atoms with Crippen LogP contribution in [0.2, 0.25) is 5.02 Å². The maximum absolute atomic E-state index is 12.2. The van der Waals surface area contributed by atoms with Gasteiger partial charge < -0.3 is 9.64 Å². The van der Waals surface area contributed by atoms with E-state index >= 15 is 0 Å². The lowest BCUT2D eigenvalue weighted by atomic mass is 10.1. The van der Waals surface area contributed by atoms with E-state index in [1.54, 1.807) is 0 Å². The molecule has 7 nitrogen and oxygen atoms in total. The Morgan fingerprint density at radius 2 is 2.10 bits per heavy atom. The Bertz CT molecular complexity index is 547. The van der Waals surface area contributed by atoms with E-state index in [0.29, 0.717) is 0 Å². The monoisotopic (exact) mass is 300 g/mol. The van der Waals surface area contributed by atoms with Crippen molar-refractivity contribution in [3.8, 4) is 0 Å². The lowest BCUT2D eigenvalue weighted by molar-refractivity contribution is -0.385. The Morgan fingerprint density at radius 3 is 2.65 bits per heavy atom. The van der Waals surface area contributed by atoms with Gasteiger partial charge in [-0.2, -0.15) is 0 Å². The summed E-state index contributed by atoms with van der Waals surface area (Å²) in [6, 6.07) is 3.99. The minimum atomic E-state index is -0.673. The number of amides is 1. The quantitative estimate of drug-likeness (QED) is 0.470. The molecular weight excluding hydrogens is 288 g/mol. The molecule has 108 valence electrons. The molecule has 0 aliphatic rings. The molecule has 0 saturated heterocycles. The van der Waals surface area contributed by atoms with Crippen molar-refractivity contribution in [1.82, 2.24) is 4.90 Å². The Labute approximate surface area is 120 Å². The van der Waals surface area contributed by atoms with Crippen molar-refractivity contribution in [2.75, 3.05) is 20.7 Å². The molecule has 8 heteroatoms. The number of esters is 1. The molecule has 0 bridgehead atoms. The number of rotatable bonds is 5. The largest absolute Gasteiger partial charge is 0.469 e. The zero-order chi connectivity index (χ0) is 15.3. The molecule has 0 fully saturated rings. The van der Waals surface area contributed by atoms with Crippen LogP contribution in [-0.4, -0.2) is 42.4 Å². The van der Waals surface area contributed by atoms with Crippen molar-refractivity contribution in [1.29, 1.82) is 0 Å². The first kappa shape index (κ1) is 15.9. The van der Waals surface area contributed by atoms with E-state index in [4.69, 9.17) is 11.6 Å². The Morgan fingerprint density at radius 1 is 1.45 bits per heavy atom. The summed E-state index contributed by atoms with van der Waals surface area (Å²) in [4.78, 5) is 34.6. The average Bonchev–Trinajstić information content (AvgIpc) is 2.43. The molecule has 1 rings (SSSR count). The SMILES string of the molecule is COC(=O)CCN(C)C(=O)c1c(Cl)cccc1[N+](=O)[O-]. The van der Waals surface area contributed by atoms with E-state index in [-0.39, 0.29) is 29.2 Å². The minimum Gasteiger partial charge on any atom is -0.469 e. The fourth-order valence-electron chi connectivity index (χ4n) is 1.53. The van der Waals surface area contributed by atoms with Gasteiger partial charge in [-0.1, -0.05) is 17.7 Å². The molecule has 0 saturated carbocycles. The van der Waals surface area contributed by atoms with Crippen molar-refractivity contribution < 1.29 is 19.2 Å². The molecule has 0 aliphatic carbocycles. The molecule has 0 radical (unpaired) electrons. The Hall–Kier alpha value is -2.15. The van der Waals surface area contributed by atoms with Gasteiger partial charge in [0.15, 0.2) is 0 Å². The number of ether oxygens (including phenoxy) is 1. The smallest absolute Gasteiger partial charge is 0.307 e. The highest BCUT2D eigenvalue weighted by Crippen LogP contribution is 2.27. The number of nitro benzene ring substituents is 1. The first-order valence-electron chi connectivity index (χ1n) is 5.63. The van der Waals surface area contributed by atoms with Gasteiger partial charge in [-0.05, 0) is 6.07 Å². The van der Waals surface area contributed by atoms with E-state index in [0.717, 1.165) is 0 Å². The van der Waals surface area contributed by atoms with Gasteiger partial charge in [0.05, 0.1) is 23.5 Å². The number of methoxy groups -OCH3 is 1. The predicted octanol–water partition coefficient (Wildman–Crippen LogP) is 1.88. The summed E-state index contributed by atoms with van der Waals surface area (Å²) in [6.45, 7) is 0.0773. The normalized spacial score (nSPS) is 9.95. The fraction of sp³-hybridized carbons (Fsp3) is 0.333. The third kappa shape index (κ3) is 3.67. The van der Waals surface area contributed by atoms with Gasteiger partial charge in [0.2, 0.25) is 0 Å². The van der Waals surface area contributed by atoms with Crippen molar-refractivity contribution in [2.24, 2.45) is 0 Å². The minimum absolute atomic E-state index is 0.00299. The third-order valence-electron chi connectivity index (χ3n) is 2.63. The van der Waals surface area contributed by atoms with Crippen LogP contribution in [0.1, 0.15) is 16.8 Å². The number of nitro groups is 1. The molecular formula is C12H13ClN2O5. The first-order valence-corrected chi connectivity index (χ1v) is 6.01. The summed E-state index contributed by atoms with van der Waals surface area (Å²) < 4.78 is 4.46. The second kappa shape index (κ2) is 6.85. The van der Waals surface area contributed by atoms with Gasteiger partial charge in [0, 0.05) is 19.7 Å². The molecule has 20 heavy (non-hydrogen) atoms. The maximum Gasteiger partial charge on any atom is 0.307 e. The molecule has 0 unspecified atom stereocenters. The Kier molecular flexibility index (Phi) is 5.45. The standard InChI is InChI=1S/C12H13ClN2O5/c1-14(7-6-10(16)20-2)12(17)11-8(13)4-3-5-9(11)15(18)19/h3-5H,6-7H2,1-2H3. The highest BCUT2D eigenvalue weighted by molar-refractivity contribution is 6.34. The first-order chi connectivity index (χ1) is 9.38. The van der Waals surface area contributed by atoms with Gasteiger partial charge in [-0.25, -0.2) is 0 Å². The van der Waals surface area contributed by atoms with Crippen molar-refractivity contribution in [3.05, 3.63) is 38.9 Å². The van der Waals surface area contributed by atoms with Crippen molar-refractivity contribution in [2.45, 2.75) is 6.42 Å². The van der Waals surface area contributed by atoms with E-state index in [1.165, 1.54) is 37.3 Å². The number of halogens is 1. The van der Waals surface area contributed by atoms with Crippen LogP contribution in [-0.2, 0) is 9.53 Å². The lowest BCUT2D eigenvalue weighted by Gasteiger charge is -2.17. The number of hydrogen-bond donors (Lipinski definition) is 0. The van der Waals surface area contributed by atoms with Gasteiger partial charge >= 0.3 is 5.97 Å². The summed E-state index contributed by atoms with van der Waals surface area (Å²) in [7, 11) is 2.67. The van der Waals surface area contributed by atoms with Gasteiger partial charge in [-0.15, -0.1) is 0 Å². The lowest BCUT2D eigenvalue weighted by Crippen LogP contribution is -2.30. The van der Waals surface area contributed by atoms with E-state index in [1.807, 2.05) is 0 Å². The van der Waals surface area contributed by atoms with E-state index in [9.17, 15) is 19.7 Å². The van der Waals surface area contributed by atoms with Crippen LogP contribution in [0, 0.1) is 10.1 Å². The highest BCUT2D eigenvalue weighted by atomic mass is 35.5. The molecule has 0 atom stereocenters. The van der Waals surface area contributed by atoms with Crippen LogP contribution in [0.4, 0.5) is 5.69 Å². The second-order valence-electron chi connectivity index (χ2n) is 3.94. The van der Waals surface area contributed by atoms with Crippen LogP contribution in [0.15, 0.2) is 18.2 Å². The summed E-state index contributed by atoms with van der Waals surface area (Å²) in [5, 5.41) is 10.9.